The van der Waals surface area contributed by atoms with Crippen molar-refractivity contribution in [3.8, 4) is 55.6 Å². The fourth-order valence-corrected chi connectivity index (χ4v) is 12.7. The molecule has 340 valence electrons. The highest BCUT2D eigenvalue weighted by Crippen LogP contribution is 2.63. The van der Waals surface area contributed by atoms with Crippen molar-refractivity contribution in [1.82, 2.24) is 0 Å². The standard InChI is InChI=1S/C71H51N/c1-70(2,3)49-35-37-50(38-36-49)72(52-39-41-57-56-30-17-20-34-65(56)71(66(57)44-52)63-32-18-15-28-54(63)55-29-16-19-33-64(55)71)51-40-42-59-62(43-51)53-27-13-14-31-58(53)68-61(47-23-9-5-10-24-47)45-60(46-21-7-4-8-22-46)67(69(59)68)48-25-11-6-12-26-48/h4-45H,1-3H3. The second-order valence-corrected chi connectivity index (χ2v) is 20.7. The predicted octanol–water partition coefficient (Wildman–Crippen LogP) is 19.3. The van der Waals surface area contributed by atoms with Gasteiger partial charge in [0.05, 0.1) is 5.41 Å². The van der Waals surface area contributed by atoms with E-state index in [1.54, 1.807) is 0 Å². The number of fused-ring (bicyclic) bond motifs is 16. The minimum Gasteiger partial charge on any atom is -0.310 e. The van der Waals surface area contributed by atoms with Crippen LogP contribution in [0.5, 0.6) is 0 Å². The number of anilines is 3. The molecule has 12 aromatic rings. The molecule has 0 N–H and O–H groups in total. The van der Waals surface area contributed by atoms with E-state index in [2.05, 4.69) is 280 Å². The van der Waals surface area contributed by atoms with Crippen LogP contribution in [0.2, 0.25) is 0 Å². The summed E-state index contributed by atoms with van der Waals surface area (Å²) in [7, 11) is 0. The Morgan fingerprint density at radius 1 is 0.292 bits per heavy atom. The zero-order valence-electron chi connectivity index (χ0n) is 40.7. The third kappa shape index (κ3) is 6.20. The van der Waals surface area contributed by atoms with Crippen LogP contribution >= 0.6 is 0 Å². The molecule has 0 heterocycles. The van der Waals surface area contributed by atoms with E-state index >= 15 is 0 Å². The first-order valence-corrected chi connectivity index (χ1v) is 25.3. The first kappa shape index (κ1) is 42.1. The molecule has 0 amide bonds. The van der Waals surface area contributed by atoms with Crippen LogP contribution in [0, 0.1) is 0 Å². The van der Waals surface area contributed by atoms with E-state index in [1.807, 2.05) is 0 Å². The highest BCUT2D eigenvalue weighted by Gasteiger charge is 2.51. The third-order valence-corrected chi connectivity index (χ3v) is 15.8. The zero-order valence-corrected chi connectivity index (χ0v) is 40.7. The van der Waals surface area contributed by atoms with E-state index in [0.717, 1.165) is 17.1 Å². The number of hydrogen-bond acceptors (Lipinski definition) is 1. The maximum atomic E-state index is 2.51. The van der Waals surface area contributed by atoms with Crippen molar-refractivity contribution in [2.45, 2.75) is 31.6 Å². The van der Waals surface area contributed by atoms with Gasteiger partial charge in [-0.3, -0.25) is 0 Å². The van der Waals surface area contributed by atoms with E-state index in [0.29, 0.717) is 0 Å². The van der Waals surface area contributed by atoms with Gasteiger partial charge >= 0.3 is 0 Å². The molecule has 0 fully saturated rings. The summed E-state index contributed by atoms with van der Waals surface area (Å²) in [5.74, 6) is 0. The Morgan fingerprint density at radius 3 is 1.32 bits per heavy atom. The molecule has 2 aliphatic rings. The minimum absolute atomic E-state index is 0.00886. The van der Waals surface area contributed by atoms with E-state index < -0.39 is 5.41 Å². The van der Waals surface area contributed by atoms with Gasteiger partial charge in [-0.25, -0.2) is 0 Å². The molecule has 0 atom stereocenters. The van der Waals surface area contributed by atoms with Crippen molar-refractivity contribution in [1.29, 1.82) is 0 Å². The number of rotatable bonds is 6. The molecule has 0 saturated heterocycles. The molecule has 2 aliphatic carbocycles. The summed E-state index contributed by atoms with van der Waals surface area (Å²) in [4.78, 5) is 2.50. The number of hydrogen-bond donors (Lipinski definition) is 0. The lowest BCUT2D eigenvalue weighted by Gasteiger charge is -2.32. The van der Waals surface area contributed by atoms with Gasteiger partial charge < -0.3 is 4.90 Å². The summed E-state index contributed by atoms with van der Waals surface area (Å²) in [6.07, 6.45) is 0. The van der Waals surface area contributed by atoms with Crippen molar-refractivity contribution in [3.63, 3.8) is 0 Å². The zero-order chi connectivity index (χ0) is 48.1. The second kappa shape index (κ2) is 16.1. The summed E-state index contributed by atoms with van der Waals surface area (Å²) in [6, 6.07) is 95.6. The highest BCUT2D eigenvalue weighted by atomic mass is 15.1. The molecule has 0 aromatic heterocycles. The molecule has 0 bridgehead atoms. The van der Waals surface area contributed by atoms with E-state index in [9.17, 15) is 0 Å². The van der Waals surface area contributed by atoms with Gasteiger partial charge in [0.2, 0.25) is 0 Å². The minimum atomic E-state index is -0.462. The van der Waals surface area contributed by atoms with Crippen LogP contribution in [0.25, 0.3) is 88.0 Å². The molecule has 1 heteroatoms. The average molecular weight is 918 g/mol. The Hall–Kier alpha value is -8.78. The SMILES string of the molecule is CC(C)(C)c1ccc(N(c2ccc3c(c2)C2(c4ccccc4-c4ccccc42)c2ccccc2-3)c2ccc3c(c2)c2ccccc2c2c(-c4ccccc4)cc(-c4ccccc4)c(-c4ccccc4)c32)cc1. The van der Waals surface area contributed by atoms with Gasteiger partial charge in [0.25, 0.3) is 0 Å². The van der Waals surface area contributed by atoms with Gasteiger partial charge in [-0.05, 0) is 164 Å². The Balaban J connectivity index is 1.08. The largest absolute Gasteiger partial charge is 0.310 e. The Kier molecular flexibility index (Phi) is 9.44. The Bertz CT molecular complexity index is 4040. The number of nitrogens with zero attached hydrogens (tertiary/aromatic N) is 1. The van der Waals surface area contributed by atoms with Crippen LogP contribution in [0.15, 0.2) is 255 Å². The highest BCUT2D eigenvalue weighted by molar-refractivity contribution is 6.33. The molecule has 14 rings (SSSR count). The molecule has 1 nitrogen and oxygen atoms in total. The lowest BCUT2D eigenvalue weighted by molar-refractivity contribution is 0.590. The molecule has 12 aromatic carbocycles. The van der Waals surface area contributed by atoms with Crippen LogP contribution in [-0.4, -0.2) is 0 Å². The van der Waals surface area contributed by atoms with Crippen molar-refractivity contribution >= 4 is 49.4 Å². The molecule has 0 saturated carbocycles. The van der Waals surface area contributed by atoms with Gasteiger partial charge in [-0.2, -0.15) is 0 Å². The molecular formula is C71H51N. The van der Waals surface area contributed by atoms with Gasteiger partial charge in [-0.1, -0.05) is 233 Å². The van der Waals surface area contributed by atoms with Crippen molar-refractivity contribution < 1.29 is 0 Å². The van der Waals surface area contributed by atoms with Crippen molar-refractivity contribution in [2.24, 2.45) is 0 Å². The van der Waals surface area contributed by atoms with Crippen LogP contribution in [0.4, 0.5) is 17.1 Å². The van der Waals surface area contributed by atoms with Crippen molar-refractivity contribution in [3.05, 3.63) is 283 Å². The van der Waals surface area contributed by atoms with Crippen LogP contribution in [-0.2, 0) is 10.8 Å². The first-order valence-electron chi connectivity index (χ1n) is 25.3. The third-order valence-electron chi connectivity index (χ3n) is 15.8. The Labute approximate surface area is 422 Å². The lowest BCUT2D eigenvalue weighted by Crippen LogP contribution is -2.26. The van der Waals surface area contributed by atoms with E-state index in [4.69, 9.17) is 0 Å². The molecule has 0 radical (unpaired) electrons. The predicted molar refractivity (Wildman–Crippen MR) is 305 cm³/mol. The van der Waals surface area contributed by atoms with Crippen LogP contribution in [0.3, 0.4) is 0 Å². The summed E-state index contributed by atoms with van der Waals surface area (Å²) in [6.45, 7) is 6.89. The van der Waals surface area contributed by atoms with Crippen molar-refractivity contribution in [2.75, 3.05) is 4.90 Å². The summed E-state index contributed by atoms with van der Waals surface area (Å²) >= 11 is 0. The maximum Gasteiger partial charge on any atom is 0.0726 e. The molecule has 0 unspecified atom stereocenters. The molecule has 1 spiro atoms. The van der Waals surface area contributed by atoms with Crippen LogP contribution < -0.4 is 4.90 Å². The molecule has 0 aliphatic heterocycles. The second-order valence-electron chi connectivity index (χ2n) is 20.7. The molecule has 72 heavy (non-hydrogen) atoms. The Morgan fingerprint density at radius 2 is 0.736 bits per heavy atom. The van der Waals surface area contributed by atoms with Gasteiger partial charge in [0.1, 0.15) is 0 Å². The van der Waals surface area contributed by atoms with Crippen LogP contribution in [0.1, 0.15) is 48.6 Å². The first-order chi connectivity index (χ1) is 35.4. The molecular weight excluding hydrogens is 867 g/mol. The summed E-state index contributed by atoms with van der Waals surface area (Å²) < 4.78 is 0. The smallest absolute Gasteiger partial charge is 0.0726 e. The summed E-state index contributed by atoms with van der Waals surface area (Å²) in [5.41, 5.74) is 22.1. The fourth-order valence-electron chi connectivity index (χ4n) is 12.7. The monoisotopic (exact) mass is 917 g/mol. The van der Waals surface area contributed by atoms with E-state index in [-0.39, 0.29) is 5.41 Å². The number of benzene rings is 12. The fraction of sp³-hybridized carbons (Fsp3) is 0.0704. The summed E-state index contributed by atoms with van der Waals surface area (Å²) in [5, 5.41) is 7.45. The van der Waals surface area contributed by atoms with Gasteiger partial charge in [-0.15, -0.1) is 0 Å². The lowest BCUT2D eigenvalue weighted by atomic mass is 9.70. The van der Waals surface area contributed by atoms with E-state index in [1.165, 1.54) is 116 Å². The maximum absolute atomic E-state index is 2.51. The van der Waals surface area contributed by atoms with Gasteiger partial charge in [0, 0.05) is 17.1 Å². The normalized spacial score (nSPS) is 13.0. The topological polar surface area (TPSA) is 3.24 Å². The average Bonchev–Trinajstić information content (AvgIpc) is 3.90. The quantitative estimate of drug-likeness (QED) is 0.150. The van der Waals surface area contributed by atoms with Gasteiger partial charge in [0.15, 0.2) is 0 Å².